The normalized spacial score (nSPS) is 16.2. The number of nitrogens with one attached hydrogen (secondary N) is 1. The van der Waals surface area contributed by atoms with Crippen molar-refractivity contribution < 1.29 is 4.79 Å². The summed E-state index contributed by atoms with van der Waals surface area (Å²) in [6.45, 7) is 8.34. The van der Waals surface area contributed by atoms with Crippen LogP contribution >= 0.6 is 11.3 Å². The van der Waals surface area contributed by atoms with Crippen molar-refractivity contribution in [1.82, 2.24) is 24.8 Å². The molecule has 136 valence electrons. The molecule has 1 saturated heterocycles. The van der Waals surface area contributed by atoms with Gasteiger partial charge < -0.3 is 10.2 Å². The predicted molar refractivity (Wildman–Crippen MR) is 98.5 cm³/mol. The van der Waals surface area contributed by atoms with Crippen LogP contribution < -0.4 is 15.8 Å². The molecule has 25 heavy (non-hydrogen) atoms. The van der Waals surface area contributed by atoms with Crippen molar-refractivity contribution in [1.29, 1.82) is 0 Å². The zero-order chi connectivity index (χ0) is 17.8. The highest BCUT2D eigenvalue weighted by molar-refractivity contribution is 7.20. The molecule has 1 aliphatic rings. The molecule has 3 rings (SSSR count). The molecular weight excluding hydrogens is 340 g/mol. The van der Waals surface area contributed by atoms with Gasteiger partial charge in [0.1, 0.15) is 0 Å². The van der Waals surface area contributed by atoms with Crippen LogP contribution in [0.1, 0.15) is 26.0 Å². The number of hydrogen-bond acceptors (Lipinski definition) is 7. The summed E-state index contributed by atoms with van der Waals surface area (Å²) in [6.07, 6.45) is 1.69. The highest BCUT2D eigenvalue weighted by atomic mass is 32.1. The summed E-state index contributed by atoms with van der Waals surface area (Å²) in [7, 11) is 0. The number of amides is 1. The van der Waals surface area contributed by atoms with E-state index in [1.165, 1.54) is 15.9 Å². The second kappa shape index (κ2) is 7.92. The Morgan fingerprint density at radius 3 is 2.88 bits per heavy atom. The first-order valence-corrected chi connectivity index (χ1v) is 9.56. The third-order valence-electron chi connectivity index (χ3n) is 4.25. The lowest BCUT2D eigenvalue weighted by atomic mass is 10.3. The monoisotopic (exact) mass is 364 g/mol. The molecule has 1 fully saturated rings. The third-order valence-corrected chi connectivity index (χ3v) is 5.22. The molecule has 0 radical (unpaired) electrons. The molecule has 0 bridgehead atoms. The van der Waals surface area contributed by atoms with Gasteiger partial charge in [-0.1, -0.05) is 18.3 Å². The number of hydrogen-bond donors (Lipinski definition) is 1. The fourth-order valence-electron chi connectivity index (χ4n) is 2.93. The molecule has 0 spiro atoms. The predicted octanol–water partition coefficient (Wildman–Crippen LogP) is 0.362. The smallest absolute Gasteiger partial charge is 0.275 e. The number of rotatable bonds is 5. The molecule has 1 aliphatic heterocycles. The van der Waals surface area contributed by atoms with Gasteiger partial charge in [0.05, 0.1) is 6.54 Å². The summed E-state index contributed by atoms with van der Waals surface area (Å²) in [6, 6.07) is 1.55. The average molecular weight is 364 g/mol. The Labute approximate surface area is 150 Å². The second-order valence-electron chi connectivity index (χ2n) is 6.09. The molecule has 0 aliphatic carbocycles. The van der Waals surface area contributed by atoms with E-state index in [1.54, 1.807) is 6.07 Å². The molecule has 9 heteroatoms. The van der Waals surface area contributed by atoms with Crippen molar-refractivity contribution in [3.8, 4) is 0 Å². The van der Waals surface area contributed by atoms with Gasteiger partial charge in [-0.2, -0.15) is 4.52 Å². The number of carbonyl (C=O) groups excluding carboxylic acids is 1. The standard InChI is InChI=1S/C16H24N6O2S/c1-3-12-10-14(24)22-15(18-12)25-16(19-22)21-7-5-6-20(8-9-21)11-13(23)17-4-2/h10H,3-9,11H2,1-2H3,(H,17,23). The first kappa shape index (κ1) is 17.8. The summed E-state index contributed by atoms with van der Waals surface area (Å²) < 4.78 is 1.39. The van der Waals surface area contributed by atoms with Gasteiger partial charge in [-0.05, 0) is 19.8 Å². The molecule has 8 nitrogen and oxygen atoms in total. The molecule has 2 aromatic heterocycles. The van der Waals surface area contributed by atoms with Crippen molar-refractivity contribution >= 4 is 27.3 Å². The van der Waals surface area contributed by atoms with Crippen molar-refractivity contribution in [2.45, 2.75) is 26.7 Å². The van der Waals surface area contributed by atoms with Crippen LogP contribution in [-0.4, -0.2) is 64.7 Å². The van der Waals surface area contributed by atoms with E-state index in [1.807, 2.05) is 13.8 Å². The van der Waals surface area contributed by atoms with Gasteiger partial charge in [-0.25, -0.2) is 4.98 Å². The minimum absolute atomic E-state index is 0.0683. The van der Waals surface area contributed by atoms with Gasteiger partial charge in [-0.15, -0.1) is 5.10 Å². The van der Waals surface area contributed by atoms with E-state index in [0.717, 1.165) is 49.8 Å². The minimum Gasteiger partial charge on any atom is -0.355 e. The first-order chi connectivity index (χ1) is 12.1. The van der Waals surface area contributed by atoms with Crippen LogP contribution in [0.5, 0.6) is 0 Å². The van der Waals surface area contributed by atoms with E-state index in [0.29, 0.717) is 18.1 Å². The highest BCUT2D eigenvalue weighted by Gasteiger charge is 2.20. The molecule has 0 unspecified atom stereocenters. The fourth-order valence-corrected chi connectivity index (χ4v) is 3.91. The lowest BCUT2D eigenvalue weighted by Gasteiger charge is -2.20. The zero-order valence-corrected chi connectivity index (χ0v) is 15.5. The van der Waals surface area contributed by atoms with Crippen LogP contribution in [0.3, 0.4) is 0 Å². The molecule has 1 N–H and O–H groups in total. The largest absolute Gasteiger partial charge is 0.355 e. The maximum atomic E-state index is 12.2. The summed E-state index contributed by atoms with van der Waals surface area (Å²) in [4.78, 5) is 33.4. The number of aromatic nitrogens is 3. The van der Waals surface area contributed by atoms with Gasteiger partial charge in [-0.3, -0.25) is 14.5 Å². The van der Waals surface area contributed by atoms with Gasteiger partial charge in [0.25, 0.3) is 5.56 Å². The van der Waals surface area contributed by atoms with E-state index in [4.69, 9.17) is 0 Å². The minimum atomic E-state index is -0.128. The number of fused-ring (bicyclic) bond motifs is 1. The highest BCUT2D eigenvalue weighted by Crippen LogP contribution is 2.22. The van der Waals surface area contributed by atoms with E-state index in [-0.39, 0.29) is 11.5 Å². The molecular formula is C16H24N6O2S. The Morgan fingerprint density at radius 2 is 2.12 bits per heavy atom. The number of carbonyl (C=O) groups is 1. The lowest BCUT2D eigenvalue weighted by Crippen LogP contribution is -2.39. The maximum Gasteiger partial charge on any atom is 0.275 e. The Bertz CT molecular complexity index is 802. The molecule has 0 atom stereocenters. The average Bonchev–Trinajstić information content (AvgIpc) is 2.89. The SMILES string of the molecule is CCNC(=O)CN1CCCN(c2nn3c(=O)cc(CC)nc3s2)CC1. The molecule has 0 saturated carbocycles. The third kappa shape index (κ3) is 4.16. The number of nitrogens with zero attached hydrogens (tertiary/aromatic N) is 5. The van der Waals surface area contributed by atoms with Crippen molar-refractivity contribution in [3.05, 3.63) is 22.1 Å². The van der Waals surface area contributed by atoms with Crippen molar-refractivity contribution in [3.63, 3.8) is 0 Å². The number of likely N-dealkylation sites (N-methyl/N-ethyl adjacent to an activating group) is 1. The summed E-state index contributed by atoms with van der Waals surface area (Å²) in [5.74, 6) is 0.0683. The van der Waals surface area contributed by atoms with Gasteiger partial charge in [0, 0.05) is 44.5 Å². The lowest BCUT2D eigenvalue weighted by molar-refractivity contribution is -0.122. The Balaban J connectivity index is 1.72. The van der Waals surface area contributed by atoms with Crippen LogP contribution in [0.25, 0.3) is 4.96 Å². The zero-order valence-electron chi connectivity index (χ0n) is 14.7. The fraction of sp³-hybridized carbons (Fsp3) is 0.625. The Kier molecular flexibility index (Phi) is 5.64. The van der Waals surface area contributed by atoms with E-state index >= 15 is 0 Å². The van der Waals surface area contributed by atoms with Crippen LogP contribution in [0.4, 0.5) is 5.13 Å². The quantitative estimate of drug-likeness (QED) is 0.825. The topological polar surface area (TPSA) is 82.8 Å². The van der Waals surface area contributed by atoms with E-state index in [2.05, 4.69) is 25.2 Å². The van der Waals surface area contributed by atoms with Crippen molar-refractivity contribution in [2.75, 3.05) is 44.2 Å². The second-order valence-corrected chi connectivity index (χ2v) is 7.02. The van der Waals surface area contributed by atoms with Gasteiger partial charge in [0.2, 0.25) is 16.0 Å². The molecule has 2 aromatic rings. The van der Waals surface area contributed by atoms with Crippen LogP contribution in [0, 0.1) is 0 Å². The molecule has 0 aromatic carbocycles. The molecule has 1 amide bonds. The number of anilines is 1. The molecule has 3 heterocycles. The van der Waals surface area contributed by atoms with E-state index in [9.17, 15) is 9.59 Å². The van der Waals surface area contributed by atoms with Gasteiger partial charge in [0.15, 0.2) is 0 Å². The summed E-state index contributed by atoms with van der Waals surface area (Å²) >= 11 is 1.45. The van der Waals surface area contributed by atoms with Crippen LogP contribution in [0.15, 0.2) is 10.9 Å². The summed E-state index contributed by atoms with van der Waals surface area (Å²) in [5, 5.41) is 8.11. The number of aryl methyl sites for hydroxylation is 1. The van der Waals surface area contributed by atoms with Crippen molar-refractivity contribution in [2.24, 2.45) is 0 Å². The summed E-state index contributed by atoms with van der Waals surface area (Å²) in [5.41, 5.74) is 0.668. The Morgan fingerprint density at radius 1 is 1.28 bits per heavy atom. The van der Waals surface area contributed by atoms with Gasteiger partial charge >= 0.3 is 0 Å². The van der Waals surface area contributed by atoms with Crippen LogP contribution in [0.2, 0.25) is 0 Å². The Hall–Kier alpha value is -2.00. The first-order valence-electron chi connectivity index (χ1n) is 8.74. The maximum absolute atomic E-state index is 12.2. The van der Waals surface area contributed by atoms with E-state index < -0.39 is 0 Å². The van der Waals surface area contributed by atoms with Crippen LogP contribution in [-0.2, 0) is 11.2 Å².